The molecule has 0 aliphatic rings. The molecular weight excluding hydrogens is 450 g/mol. The lowest BCUT2D eigenvalue weighted by molar-refractivity contribution is -0.146. The van der Waals surface area contributed by atoms with E-state index in [1.807, 2.05) is 0 Å². The van der Waals surface area contributed by atoms with Crippen molar-refractivity contribution in [3.8, 4) is 5.88 Å². The highest BCUT2D eigenvalue weighted by molar-refractivity contribution is 6.31. The van der Waals surface area contributed by atoms with Crippen molar-refractivity contribution in [2.24, 2.45) is 0 Å². The SMILES string of the molecule is CC(=O)OCC(=O)NCCNc1nc(OCc2ccc(F)cc2F)c(Cl)c(=O)n1C(C)C. The Kier molecular flexibility index (Phi) is 8.94. The molecule has 0 bridgehead atoms. The molecule has 9 nitrogen and oxygen atoms in total. The van der Waals surface area contributed by atoms with Crippen LogP contribution in [-0.2, 0) is 20.9 Å². The van der Waals surface area contributed by atoms with E-state index in [1.165, 1.54) is 17.6 Å². The second-order valence-electron chi connectivity index (χ2n) is 6.90. The Morgan fingerprint density at radius 3 is 2.59 bits per heavy atom. The first-order valence-electron chi connectivity index (χ1n) is 9.62. The number of hydrogen-bond donors (Lipinski definition) is 2. The van der Waals surface area contributed by atoms with Crippen LogP contribution >= 0.6 is 11.6 Å². The average Bonchev–Trinajstić information content (AvgIpc) is 2.71. The lowest BCUT2D eigenvalue weighted by Crippen LogP contribution is -2.34. The standard InChI is InChI=1S/C20H23ClF2N4O5/c1-11(2)27-19(30)17(21)18(32-9-13-4-5-14(22)8-15(13)23)26-20(27)25-7-6-24-16(29)10-31-12(3)28/h4-5,8,11H,6-7,9-10H2,1-3H3,(H,24,29)(H,25,26). The molecule has 1 heterocycles. The summed E-state index contributed by atoms with van der Waals surface area (Å²) in [5.41, 5.74) is -0.519. The van der Waals surface area contributed by atoms with E-state index in [-0.39, 0.29) is 48.2 Å². The number of halogens is 3. The van der Waals surface area contributed by atoms with E-state index in [4.69, 9.17) is 16.3 Å². The molecule has 32 heavy (non-hydrogen) atoms. The lowest BCUT2D eigenvalue weighted by atomic mass is 10.2. The summed E-state index contributed by atoms with van der Waals surface area (Å²) in [7, 11) is 0. The fourth-order valence-corrected chi connectivity index (χ4v) is 2.76. The number of esters is 1. The Morgan fingerprint density at radius 1 is 1.25 bits per heavy atom. The van der Waals surface area contributed by atoms with Crippen LogP contribution in [0.5, 0.6) is 5.88 Å². The monoisotopic (exact) mass is 472 g/mol. The Labute approximate surface area is 187 Å². The Hall–Kier alpha value is -3.21. The normalized spacial score (nSPS) is 10.7. The molecule has 174 valence electrons. The summed E-state index contributed by atoms with van der Waals surface area (Å²) < 4.78 is 38.2. The minimum Gasteiger partial charge on any atom is -0.471 e. The quantitative estimate of drug-likeness (QED) is 0.403. The van der Waals surface area contributed by atoms with E-state index < -0.39 is 35.7 Å². The van der Waals surface area contributed by atoms with E-state index in [0.29, 0.717) is 6.07 Å². The van der Waals surface area contributed by atoms with Crippen molar-refractivity contribution in [3.05, 3.63) is 50.8 Å². The minimum absolute atomic E-state index is 0.0577. The van der Waals surface area contributed by atoms with Gasteiger partial charge in [-0.15, -0.1) is 0 Å². The molecule has 2 rings (SSSR count). The number of nitrogens with zero attached hydrogens (tertiary/aromatic N) is 2. The van der Waals surface area contributed by atoms with Gasteiger partial charge < -0.3 is 20.1 Å². The van der Waals surface area contributed by atoms with Crippen molar-refractivity contribution >= 4 is 29.4 Å². The third-order valence-corrected chi connectivity index (χ3v) is 4.39. The molecule has 0 atom stereocenters. The molecule has 0 spiro atoms. The van der Waals surface area contributed by atoms with Gasteiger partial charge in [0.2, 0.25) is 11.8 Å². The smallest absolute Gasteiger partial charge is 0.303 e. The molecule has 12 heteroatoms. The summed E-state index contributed by atoms with van der Waals surface area (Å²) >= 11 is 6.11. The summed E-state index contributed by atoms with van der Waals surface area (Å²) in [5, 5.41) is 5.15. The first-order chi connectivity index (χ1) is 15.1. The van der Waals surface area contributed by atoms with Gasteiger partial charge in [0.25, 0.3) is 11.5 Å². The number of amides is 1. The van der Waals surface area contributed by atoms with Crippen molar-refractivity contribution in [1.82, 2.24) is 14.9 Å². The largest absolute Gasteiger partial charge is 0.471 e. The molecule has 0 aliphatic heterocycles. The summed E-state index contributed by atoms with van der Waals surface area (Å²) in [6, 6.07) is 2.70. The van der Waals surface area contributed by atoms with E-state index in [0.717, 1.165) is 6.07 Å². The molecule has 2 N–H and O–H groups in total. The summed E-state index contributed by atoms with van der Waals surface area (Å²) in [6.07, 6.45) is 0. The number of benzene rings is 1. The highest BCUT2D eigenvalue weighted by Gasteiger charge is 2.19. The van der Waals surface area contributed by atoms with Crippen molar-refractivity contribution < 1.29 is 27.8 Å². The van der Waals surface area contributed by atoms with Crippen molar-refractivity contribution in [1.29, 1.82) is 0 Å². The first kappa shape index (κ1) is 25.1. The van der Waals surface area contributed by atoms with E-state index in [9.17, 15) is 23.2 Å². The lowest BCUT2D eigenvalue weighted by Gasteiger charge is -2.19. The fraction of sp³-hybridized carbons (Fsp3) is 0.400. The van der Waals surface area contributed by atoms with Crippen LogP contribution in [0.3, 0.4) is 0 Å². The van der Waals surface area contributed by atoms with Crippen LogP contribution in [0.25, 0.3) is 0 Å². The maximum absolute atomic E-state index is 13.8. The number of hydrogen-bond acceptors (Lipinski definition) is 7. The van der Waals surface area contributed by atoms with Crippen LogP contribution in [0.15, 0.2) is 23.0 Å². The highest BCUT2D eigenvalue weighted by Crippen LogP contribution is 2.23. The number of aromatic nitrogens is 2. The zero-order valence-electron chi connectivity index (χ0n) is 17.7. The number of carbonyl (C=O) groups excluding carboxylic acids is 2. The minimum atomic E-state index is -0.806. The Morgan fingerprint density at radius 2 is 1.97 bits per heavy atom. The maximum Gasteiger partial charge on any atom is 0.303 e. The van der Waals surface area contributed by atoms with Gasteiger partial charge in [-0.05, 0) is 26.0 Å². The molecule has 0 saturated heterocycles. The predicted molar refractivity (Wildman–Crippen MR) is 113 cm³/mol. The zero-order chi connectivity index (χ0) is 23.8. The number of carbonyl (C=O) groups is 2. The highest BCUT2D eigenvalue weighted by atomic mass is 35.5. The van der Waals surface area contributed by atoms with Gasteiger partial charge in [-0.2, -0.15) is 4.98 Å². The predicted octanol–water partition coefficient (Wildman–Crippen LogP) is 2.43. The molecule has 0 saturated carbocycles. The second-order valence-corrected chi connectivity index (χ2v) is 7.28. The topological polar surface area (TPSA) is 112 Å². The van der Waals surface area contributed by atoms with Crippen molar-refractivity contribution in [2.75, 3.05) is 25.0 Å². The van der Waals surface area contributed by atoms with Crippen LogP contribution in [-0.4, -0.2) is 41.1 Å². The molecule has 1 aromatic carbocycles. The van der Waals surface area contributed by atoms with Gasteiger partial charge in [0.15, 0.2) is 11.6 Å². The molecule has 0 fully saturated rings. The molecule has 0 unspecified atom stereocenters. The number of rotatable bonds is 10. The van der Waals surface area contributed by atoms with Gasteiger partial charge in [0.1, 0.15) is 18.2 Å². The van der Waals surface area contributed by atoms with Gasteiger partial charge >= 0.3 is 5.97 Å². The molecule has 0 radical (unpaired) electrons. The molecule has 2 aromatic rings. The Balaban J connectivity index is 2.11. The average molecular weight is 473 g/mol. The van der Waals surface area contributed by atoms with Gasteiger partial charge in [-0.25, -0.2) is 8.78 Å². The van der Waals surface area contributed by atoms with Crippen LogP contribution < -0.4 is 20.9 Å². The Bertz CT molecular complexity index is 1050. The van der Waals surface area contributed by atoms with E-state index >= 15 is 0 Å². The number of nitrogens with one attached hydrogen (secondary N) is 2. The second kappa shape index (κ2) is 11.4. The van der Waals surface area contributed by atoms with Crippen LogP contribution in [0.2, 0.25) is 5.02 Å². The molecule has 0 aliphatic carbocycles. The summed E-state index contributed by atoms with van der Waals surface area (Å²) in [4.78, 5) is 39.2. The van der Waals surface area contributed by atoms with Crippen LogP contribution in [0.1, 0.15) is 32.4 Å². The third kappa shape index (κ3) is 6.91. The van der Waals surface area contributed by atoms with Gasteiger partial charge in [-0.1, -0.05) is 11.6 Å². The molecule has 1 aromatic heterocycles. The summed E-state index contributed by atoms with van der Waals surface area (Å²) in [5.74, 6) is -2.69. The van der Waals surface area contributed by atoms with Gasteiger partial charge in [0, 0.05) is 37.7 Å². The van der Waals surface area contributed by atoms with Crippen molar-refractivity contribution in [3.63, 3.8) is 0 Å². The maximum atomic E-state index is 13.8. The number of ether oxygens (including phenoxy) is 2. The summed E-state index contributed by atoms with van der Waals surface area (Å²) in [6.45, 7) is 4.29. The fourth-order valence-electron chi connectivity index (χ4n) is 2.57. The number of anilines is 1. The van der Waals surface area contributed by atoms with Crippen molar-refractivity contribution in [2.45, 2.75) is 33.4 Å². The molecular formula is C20H23ClF2N4O5. The van der Waals surface area contributed by atoms with Gasteiger partial charge in [-0.3, -0.25) is 19.0 Å². The van der Waals surface area contributed by atoms with Gasteiger partial charge in [0.05, 0.1) is 0 Å². The van der Waals surface area contributed by atoms with Crippen LogP contribution in [0.4, 0.5) is 14.7 Å². The first-order valence-corrected chi connectivity index (χ1v) is 10.0. The van der Waals surface area contributed by atoms with Crippen LogP contribution in [0, 0.1) is 11.6 Å². The van der Waals surface area contributed by atoms with E-state index in [2.05, 4.69) is 20.4 Å². The molecule has 1 amide bonds. The zero-order valence-corrected chi connectivity index (χ0v) is 18.5. The van der Waals surface area contributed by atoms with E-state index in [1.54, 1.807) is 13.8 Å². The third-order valence-electron chi connectivity index (χ3n) is 4.06.